The highest BCUT2D eigenvalue weighted by Crippen LogP contribution is 2.36. The Labute approximate surface area is 206 Å². The third kappa shape index (κ3) is 5.30. The first-order valence-corrected chi connectivity index (χ1v) is 10.9. The molecule has 0 radical (unpaired) electrons. The van der Waals surface area contributed by atoms with Crippen molar-refractivity contribution in [1.29, 1.82) is 0 Å². The zero-order chi connectivity index (χ0) is 25.7. The largest absolute Gasteiger partial charge is 0.497 e. The highest BCUT2D eigenvalue weighted by atomic mass is 16.5. The van der Waals surface area contributed by atoms with Crippen LogP contribution in [-0.2, 0) is 9.59 Å². The molecule has 0 aromatic heterocycles. The van der Waals surface area contributed by atoms with Crippen LogP contribution in [0.15, 0.2) is 72.5 Å². The Kier molecular flexibility index (Phi) is 7.20. The fraction of sp³-hybridized carbons (Fsp3) is 0.148. The monoisotopic (exact) mass is 489 g/mol. The standard InChI is InChI=1S/C27H23NO8/c1-33-18-9-8-17(21(13-18)34-2)12-23-26(30)20-11-10-19(14-22(20)36-23)35-15-24(29)28-25(27(31)32)16-6-4-3-5-7-16/h3-14,25H,15H2,1-2H3,(H,28,29)(H,31,32). The Morgan fingerprint density at radius 1 is 1.00 bits per heavy atom. The molecule has 3 aromatic rings. The van der Waals surface area contributed by atoms with Gasteiger partial charge in [0.05, 0.1) is 19.8 Å². The first-order valence-electron chi connectivity index (χ1n) is 10.9. The maximum atomic E-state index is 12.8. The van der Waals surface area contributed by atoms with Crippen molar-refractivity contribution in [2.24, 2.45) is 0 Å². The molecule has 1 aliphatic heterocycles. The molecule has 1 heterocycles. The predicted molar refractivity (Wildman–Crippen MR) is 129 cm³/mol. The van der Waals surface area contributed by atoms with E-state index in [0.717, 1.165) is 0 Å². The van der Waals surface area contributed by atoms with Crippen LogP contribution >= 0.6 is 0 Å². The minimum absolute atomic E-state index is 0.107. The molecule has 0 saturated heterocycles. The van der Waals surface area contributed by atoms with E-state index in [0.29, 0.717) is 28.2 Å². The number of hydrogen-bond acceptors (Lipinski definition) is 7. The van der Waals surface area contributed by atoms with Crippen LogP contribution in [0.5, 0.6) is 23.0 Å². The molecule has 4 rings (SSSR count). The third-order valence-electron chi connectivity index (χ3n) is 5.42. The number of aliphatic carboxylic acids is 1. The van der Waals surface area contributed by atoms with Gasteiger partial charge in [-0.05, 0) is 35.9 Å². The second-order valence-corrected chi connectivity index (χ2v) is 7.74. The Morgan fingerprint density at radius 3 is 2.44 bits per heavy atom. The van der Waals surface area contributed by atoms with Crippen LogP contribution in [0.25, 0.3) is 6.08 Å². The number of ether oxygens (including phenoxy) is 4. The molecule has 0 bridgehead atoms. The van der Waals surface area contributed by atoms with Crippen molar-refractivity contribution in [3.05, 3.63) is 89.2 Å². The van der Waals surface area contributed by atoms with Crippen LogP contribution in [0.2, 0.25) is 0 Å². The van der Waals surface area contributed by atoms with E-state index in [-0.39, 0.29) is 23.0 Å². The van der Waals surface area contributed by atoms with E-state index in [2.05, 4.69) is 5.32 Å². The van der Waals surface area contributed by atoms with Crippen LogP contribution in [0.1, 0.15) is 27.5 Å². The average molecular weight is 489 g/mol. The number of carboxylic acids is 1. The molecule has 2 N–H and O–H groups in total. The molecule has 184 valence electrons. The van der Waals surface area contributed by atoms with Gasteiger partial charge in [-0.15, -0.1) is 0 Å². The second-order valence-electron chi connectivity index (χ2n) is 7.74. The van der Waals surface area contributed by atoms with Gasteiger partial charge in [0.1, 0.15) is 23.0 Å². The Hall–Kier alpha value is -4.79. The molecule has 0 fully saturated rings. The van der Waals surface area contributed by atoms with Crippen LogP contribution in [0, 0.1) is 0 Å². The van der Waals surface area contributed by atoms with Gasteiger partial charge in [-0.3, -0.25) is 9.59 Å². The van der Waals surface area contributed by atoms with Gasteiger partial charge in [-0.1, -0.05) is 30.3 Å². The number of allylic oxidation sites excluding steroid dienone is 1. The number of carboxylic acid groups (broad SMARTS) is 1. The van der Waals surface area contributed by atoms with Gasteiger partial charge in [-0.2, -0.15) is 0 Å². The molecular formula is C27H23NO8. The molecule has 1 unspecified atom stereocenters. The SMILES string of the molecule is COc1ccc(C=C2Oc3cc(OCC(=O)NC(C(=O)O)c4ccccc4)ccc3C2=O)c(OC)c1. The van der Waals surface area contributed by atoms with Crippen molar-refractivity contribution in [1.82, 2.24) is 5.32 Å². The zero-order valence-corrected chi connectivity index (χ0v) is 19.5. The molecule has 1 atom stereocenters. The molecule has 0 saturated carbocycles. The fourth-order valence-corrected chi connectivity index (χ4v) is 3.62. The lowest BCUT2D eigenvalue weighted by Crippen LogP contribution is -2.36. The topological polar surface area (TPSA) is 120 Å². The number of hydrogen-bond donors (Lipinski definition) is 2. The highest BCUT2D eigenvalue weighted by Gasteiger charge is 2.28. The van der Waals surface area contributed by atoms with Crippen molar-refractivity contribution in [3.8, 4) is 23.0 Å². The van der Waals surface area contributed by atoms with Crippen molar-refractivity contribution < 1.29 is 38.4 Å². The van der Waals surface area contributed by atoms with E-state index < -0.39 is 24.5 Å². The molecule has 0 spiro atoms. The molecular weight excluding hydrogens is 466 g/mol. The summed E-state index contributed by atoms with van der Waals surface area (Å²) in [6, 6.07) is 16.9. The third-order valence-corrected chi connectivity index (χ3v) is 5.42. The summed E-state index contributed by atoms with van der Waals surface area (Å²) in [6.07, 6.45) is 1.57. The number of amides is 1. The summed E-state index contributed by atoms with van der Waals surface area (Å²) >= 11 is 0. The van der Waals surface area contributed by atoms with Crippen molar-refractivity contribution in [2.45, 2.75) is 6.04 Å². The number of carbonyl (C=O) groups is 3. The van der Waals surface area contributed by atoms with Gasteiger partial charge < -0.3 is 29.4 Å². The maximum Gasteiger partial charge on any atom is 0.330 e. The number of fused-ring (bicyclic) bond motifs is 1. The van der Waals surface area contributed by atoms with E-state index in [1.807, 2.05) is 0 Å². The Balaban J connectivity index is 1.43. The van der Waals surface area contributed by atoms with Gasteiger partial charge in [0.15, 0.2) is 18.4 Å². The van der Waals surface area contributed by atoms with Gasteiger partial charge in [0.25, 0.3) is 5.91 Å². The lowest BCUT2D eigenvalue weighted by Gasteiger charge is -2.15. The number of methoxy groups -OCH3 is 2. The maximum absolute atomic E-state index is 12.8. The average Bonchev–Trinajstić information content (AvgIpc) is 3.20. The lowest BCUT2D eigenvalue weighted by atomic mass is 10.1. The van der Waals surface area contributed by atoms with E-state index in [1.54, 1.807) is 67.8 Å². The van der Waals surface area contributed by atoms with Crippen LogP contribution in [-0.4, -0.2) is 43.6 Å². The van der Waals surface area contributed by atoms with Gasteiger partial charge in [0.2, 0.25) is 5.78 Å². The second kappa shape index (κ2) is 10.6. The number of carbonyl (C=O) groups excluding carboxylic acids is 2. The molecule has 1 amide bonds. The minimum atomic E-state index is -1.20. The zero-order valence-electron chi connectivity index (χ0n) is 19.5. The number of Topliss-reactive ketones (excluding diaryl/α,β-unsaturated/α-hetero) is 1. The summed E-state index contributed by atoms with van der Waals surface area (Å²) in [6.45, 7) is -0.422. The summed E-state index contributed by atoms with van der Waals surface area (Å²) < 4.78 is 21.8. The first kappa shape index (κ1) is 24.3. The summed E-state index contributed by atoms with van der Waals surface area (Å²) in [4.78, 5) is 36.7. The van der Waals surface area contributed by atoms with Gasteiger partial charge in [-0.25, -0.2) is 4.79 Å². The van der Waals surface area contributed by atoms with E-state index >= 15 is 0 Å². The Bertz CT molecular complexity index is 1330. The number of benzene rings is 3. The van der Waals surface area contributed by atoms with E-state index in [9.17, 15) is 19.5 Å². The summed E-state index contributed by atoms with van der Waals surface area (Å²) in [5.74, 6) is -0.312. The van der Waals surface area contributed by atoms with E-state index in [4.69, 9.17) is 18.9 Å². The summed E-state index contributed by atoms with van der Waals surface area (Å²) in [5.41, 5.74) is 1.42. The lowest BCUT2D eigenvalue weighted by molar-refractivity contribution is -0.142. The van der Waals surface area contributed by atoms with Crippen LogP contribution < -0.4 is 24.3 Å². The minimum Gasteiger partial charge on any atom is -0.497 e. The fourth-order valence-electron chi connectivity index (χ4n) is 3.62. The predicted octanol–water partition coefficient (Wildman–Crippen LogP) is 3.64. The number of nitrogens with one attached hydrogen (secondary N) is 1. The Morgan fingerprint density at radius 2 is 1.75 bits per heavy atom. The quantitative estimate of drug-likeness (QED) is 0.437. The molecule has 3 aromatic carbocycles. The smallest absolute Gasteiger partial charge is 0.330 e. The molecule has 0 aliphatic carbocycles. The number of ketones is 1. The number of rotatable bonds is 9. The highest BCUT2D eigenvalue weighted by molar-refractivity contribution is 6.14. The van der Waals surface area contributed by atoms with Crippen LogP contribution in [0.4, 0.5) is 0 Å². The van der Waals surface area contributed by atoms with Crippen molar-refractivity contribution in [2.75, 3.05) is 20.8 Å². The van der Waals surface area contributed by atoms with Gasteiger partial charge in [0, 0.05) is 17.7 Å². The van der Waals surface area contributed by atoms with E-state index in [1.165, 1.54) is 19.2 Å². The summed E-state index contributed by atoms with van der Waals surface area (Å²) in [7, 11) is 3.06. The molecule has 36 heavy (non-hydrogen) atoms. The first-order chi connectivity index (χ1) is 17.4. The van der Waals surface area contributed by atoms with Crippen molar-refractivity contribution in [3.63, 3.8) is 0 Å². The van der Waals surface area contributed by atoms with Crippen LogP contribution in [0.3, 0.4) is 0 Å². The molecule has 9 heteroatoms. The summed E-state index contributed by atoms with van der Waals surface area (Å²) in [5, 5.41) is 11.9. The van der Waals surface area contributed by atoms with Gasteiger partial charge >= 0.3 is 5.97 Å². The van der Waals surface area contributed by atoms with Crippen molar-refractivity contribution >= 4 is 23.7 Å². The molecule has 1 aliphatic rings. The normalized spacial score (nSPS) is 13.9. The molecule has 9 nitrogen and oxygen atoms in total.